The minimum atomic E-state index is -0.324. The van der Waals surface area contributed by atoms with E-state index in [1.165, 1.54) is 6.08 Å². The van der Waals surface area contributed by atoms with Crippen LogP contribution in [0, 0.1) is 13.8 Å². The first-order chi connectivity index (χ1) is 11.8. The number of hydrogen-bond donors (Lipinski definition) is 0. The first-order valence-electron chi connectivity index (χ1n) is 8.25. The molecule has 0 aliphatic carbocycles. The van der Waals surface area contributed by atoms with Gasteiger partial charge in [0.25, 0.3) is 0 Å². The molecule has 4 heteroatoms. The molecule has 0 amide bonds. The van der Waals surface area contributed by atoms with Gasteiger partial charge >= 0.3 is 5.97 Å². The van der Waals surface area contributed by atoms with Gasteiger partial charge in [0.15, 0.2) is 5.78 Å². The highest BCUT2D eigenvalue weighted by Crippen LogP contribution is 2.29. The molecule has 0 bridgehead atoms. The number of carbonyl (C=O) groups is 2. The predicted octanol–water partition coefficient (Wildman–Crippen LogP) is 5.59. The Hall–Kier alpha value is -2.20. The van der Waals surface area contributed by atoms with Crippen LogP contribution in [0.3, 0.4) is 0 Å². The number of thiophene rings is 1. The van der Waals surface area contributed by atoms with Crippen molar-refractivity contribution in [1.29, 1.82) is 0 Å². The molecule has 0 radical (unpaired) electrons. The van der Waals surface area contributed by atoms with Gasteiger partial charge in [-0.15, -0.1) is 11.3 Å². The first kappa shape index (κ1) is 20.8. The third-order valence-corrected chi connectivity index (χ3v) is 4.89. The van der Waals surface area contributed by atoms with Crippen molar-refractivity contribution in [1.82, 2.24) is 0 Å². The molecule has 134 valence electrons. The summed E-state index contributed by atoms with van der Waals surface area (Å²) in [7, 11) is 0. The normalized spacial score (nSPS) is 13.0. The van der Waals surface area contributed by atoms with Crippen LogP contribution in [0.2, 0.25) is 0 Å². The van der Waals surface area contributed by atoms with Crippen molar-refractivity contribution in [3.05, 3.63) is 62.4 Å². The van der Waals surface area contributed by atoms with Crippen molar-refractivity contribution in [3.63, 3.8) is 0 Å². The summed E-state index contributed by atoms with van der Waals surface area (Å²) < 4.78 is 4.87. The fraction of sp³-hybridized carbons (Fsp3) is 0.333. The Kier molecular flexibility index (Phi) is 8.29. The van der Waals surface area contributed by atoms with Crippen molar-refractivity contribution in [3.8, 4) is 0 Å². The molecule has 0 saturated heterocycles. The Balaban J connectivity index is 2.82. The van der Waals surface area contributed by atoms with Gasteiger partial charge in [-0.3, -0.25) is 4.79 Å². The van der Waals surface area contributed by atoms with Gasteiger partial charge in [0.2, 0.25) is 0 Å². The largest absolute Gasteiger partial charge is 0.463 e. The molecule has 0 N–H and O–H groups in total. The summed E-state index contributed by atoms with van der Waals surface area (Å²) in [5.41, 5.74) is 4.07. The van der Waals surface area contributed by atoms with Crippen LogP contribution in [0.5, 0.6) is 0 Å². The molecule has 0 spiro atoms. The van der Waals surface area contributed by atoms with E-state index in [1.807, 2.05) is 52.0 Å². The summed E-state index contributed by atoms with van der Waals surface area (Å²) in [6.45, 7) is 11.7. The average Bonchev–Trinajstić information content (AvgIpc) is 2.80. The lowest BCUT2D eigenvalue weighted by Crippen LogP contribution is -1.99. The quantitative estimate of drug-likeness (QED) is 0.276. The van der Waals surface area contributed by atoms with Gasteiger partial charge < -0.3 is 4.74 Å². The Morgan fingerprint density at radius 2 is 1.76 bits per heavy atom. The second kappa shape index (κ2) is 9.94. The average molecular weight is 359 g/mol. The zero-order valence-corrected chi connectivity index (χ0v) is 16.6. The molecule has 1 aromatic heterocycles. The number of carbonyl (C=O) groups excluding carboxylic acids is 2. The first-order valence-corrected chi connectivity index (χ1v) is 9.06. The number of ether oxygens (including phenoxy) is 1. The maximum Gasteiger partial charge on any atom is 0.330 e. The smallest absolute Gasteiger partial charge is 0.330 e. The van der Waals surface area contributed by atoms with Gasteiger partial charge in [0.1, 0.15) is 0 Å². The van der Waals surface area contributed by atoms with E-state index in [9.17, 15) is 9.59 Å². The lowest BCUT2D eigenvalue weighted by Gasteiger charge is -1.97. The zero-order chi connectivity index (χ0) is 19.0. The van der Waals surface area contributed by atoms with Crippen LogP contribution in [-0.4, -0.2) is 18.4 Å². The highest BCUT2D eigenvalue weighted by molar-refractivity contribution is 7.14. The van der Waals surface area contributed by atoms with E-state index in [2.05, 4.69) is 6.08 Å². The minimum Gasteiger partial charge on any atom is -0.463 e. The van der Waals surface area contributed by atoms with Gasteiger partial charge in [0, 0.05) is 11.0 Å². The molecule has 25 heavy (non-hydrogen) atoms. The standard InChI is InChI=1S/C21H26O3S/c1-7-24-20(23)13-15(3)10-8-9-14(2)11-12-19-16(4)21(17(5)22)25-18(19)6/h8-13H,7H2,1-6H3/b10-8?,12-11?,14-9?,15-13+. The van der Waals surface area contributed by atoms with Crippen LogP contribution in [0.1, 0.15) is 53.4 Å². The summed E-state index contributed by atoms with van der Waals surface area (Å²) in [4.78, 5) is 24.9. The lowest BCUT2D eigenvalue weighted by atomic mass is 10.1. The molecule has 0 saturated carbocycles. The van der Waals surface area contributed by atoms with Crippen molar-refractivity contribution >= 4 is 29.2 Å². The second-order valence-electron chi connectivity index (χ2n) is 5.83. The van der Waals surface area contributed by atoms with Crippen LogP contribution in [-0.2, 0) is 9.53 Å². The Morgan fingerprint density at radius 3 is 2.32 bits per heavy atom. The summed E-state index contributed by atoms with van der Waals surface area (Å²) in [5.74, 6) is -0.209. The van der Waals surface area contributed by atoms with Crippen LogP contribution in [0.4, 0.5) is 0 Å². The Morgan fingerprint density at radius 1 is 1.08 bits per heavy atom. The maximum atomic E-state index is 11.6. The topological polar surface area (TPSA) is 43.4 Å². The molecule has 1 rings (SSSR count). The van der Waals surface area contributed by atoms with E-state index in [0.717, 1.165) is 32.0 Å². The van der Waals surface area contributed by atoms with Crippen LogP contribution >= 0.6 is 11.3 Å². The number of allylic oxidation sites excluding steroid dienone is 6. The summed E-state index contributed by atoms with van der Waals surface area (Å²) in [5, 5.41) is 0. The van der Waals surface area contributed by atoms with Crippen molar-refractivity contribution in [2.24, 2.45) is 0 Å². The van der Waals surface area contributed by atoms with Crippen molar-refractivity contribution in [2.45, 2.75) is 41.5 Å². The molecular formula is C21H26O3S. The molecule has 0 aromatic carbocycles. The van der Waals surface area contributed by atoms with Crippen LogP contribution in [0.25, 0.3) is 6.08 Å². The third kappa shape index (κ3) is 6.67. The number of aryl methyl sites for hydroxylation is 1. The molecule has 0 aliphatic rings. The van der Waals surface area contributed by atoms with E-state index in [-0.39, 0.29) is 11.8 Å². The molecule has 1 aromatic rings. The van der Waals surface area contributed by atoms with Crippen molar-refractivity contribution in [2.75, 3.05) is 6.61 Å². The minimum absolute atomic E-state index is 0.115. The highest BCUT2D eigenvalue weighted by atomic mass is 32.1. The summed E-state index contributed by atoms with van der Waals surface area (Å²) in [6, 6.07) is 0. The SMILES string of the molecule is CCOC(=O)/C=C(\C)C=CC=C(C)C=Cc1c(C)sc(C(C)=O)c1C. The van der Waals surface area contributed by atoms with Gasteiger partial charge in [-0.2, -0.15) is 0 Å². The summed E-state index contributed by atoms with van der Waals surface area (Å²) >= 11 is 1.55. The number of ketones is 1. The fourth-order valence-corrected chi connectivity index (χ4v) is 3.33. The molecule has 1 heterocycles. The van der Waals surface area contributed by atoms with Gasteiger partial charge in [-0.1, -0.05) is 36.0 Å². The molecule has 3 nitrogen and oxygen atoms in total. The Bertz CT molecular complexity index is 758. The molecule has 0 atom stereocenters. The van der Waals surface area contributed by atoms with Gasteiger partial charge in [-0.25, -0.2) is 4.79 Å². The molecule has 0 fully saturated rings. The predicted molar refractivity (Wildman–Crippen MR) is 106 cm³/mol. The van der Waals surface area contributed by atoms with Gasteiger partial charge in [0.05, 0.1) is 11.5 Å². The number of esters is 1. The maximum absolute atomic E-state index is 11.6. The van der Waals surface area contributed by atoms with Crippen LogP contribution < -0.4 is 0 Å². The number of hydrogen-bond acceptors (Lipinski definition) is 4. The monoisotopic (exact) mass is 358 g/mol. The van der Waals surface area contributed by atoms with E-state index in [1.54, 1.807) is 25.2 Å². The molecule has 0 aliphatic heterocycles. The number of Topliss-reactive ketones (excluding diaryl/α,β-unsaturated/α-hetero) is 1. The third-order valence-electron chi connectivity index (χ3n) is 3.56. The lowest BCUT2D eigenvalue weighted by molar-refractivity contribution is -0.137. The zero-order valence-electron chi connectivity index (χ0n) is 15.8. The molecule has 0 unspecified atom stereocenters. The van der Waals surface area contributed by atoms with E-state index in [0.29, 0.717) is 6.61 Å². The Labute approximate surface area is 154 Å². The van der Waals surface area contributed by atoms with Crippen molar-refractivity contribution < 1.29 is 14.3 Å². The molecular weight excluding hydrogens is 332 g/mol. The van der Waals surface area contributed by atoms with Gasteiger partial charge in [-0.05, 0) is 58.2 Å². The van der Waals surface area contributed by atoms with E-state index in [4.69, 9.17) is 4.74 Å². The highest BCUT2D eigenvalue weighted by Gasteiger charge is 2.12. The fourth-order valence-electron chi connectivity index (χ4n) is 2.29. The summed E-state index contributed by atoms with van der Waals surface area (Å²) in [6.07, 6.45) is 11.3. The number of rotatable bonds is 7. The van der Waals surface area contributed by atoms with E-state index >= 15 is 0 Å². The van der Waals surface area contributed by atoms with E-state index < -0.39 is 0 Å². The second-order valence-corrected chi connectivity index (χ2v) is 7.05. The van der Waals surface area contributed by atoms with Crippen LogP contribution in [0.15, 0.2) is 41.5 Å².